The van der Waals surface area contributed by atoms with Crippen molar-refractivity contribution in [1.29, 1.82) is 0 Å². The Morgan fingerprint density at radius 1 is 1.28 bits per heavy atom. The van der Waals surface area contributed by atoms with Gasteiger partial charge in [-0.15, -0.1) is 0 Å². The number of aliphatic hydroxyl groups excluding tert-OH is 1. The van der Waals surface area contributed by atoms with Gasteiger partial charge in [0.1, 0.15) is 0 Å². The van der Waals surface area contributed by atoms with Crippen molar-refractivity contribution in [1.82, 2.24) is 28.5 Å². The van der Waals surface area contributed by atoms with Crippen LogP contribution in [-0.4, -0.2) is 90.0 Å². The molecule has 0 aromatic carbocycles. The first-order chi connectivity index (χ1) is 13.4. The Morgan fingerprint density at radius 2 is 1.93 bits per heavy atom. The van der Waals surface area contributed by atoms with Crippen molar-refractivity contribution in [3.8, 4) is 0 Å². The first-order valence-corrected chi connectivity index (χ1v) is 9.39. The summed E-state index contributed by atoms with van der Waals surface area (Å²) in [6, 6.07) is -0.735. The summed E-state index contributed by atoms with van der Waals surface area (Å²) in [7, 11) is 6.44. The monoisotopic (exact) mass is 408 g/mol. The molecular weight excluding hydrogens is 380 g/mol. The van der Waals surface area contributed by atoms with Crippen LogP contribution in [0.5, 0.6) is 0 Å². The molecule has 29 heavy (non-hydrogen) atoms. The van der Waals surface area contributed by atoms with E-state index < -0.39 is 29.0 Å². The molecule has 0 bridgehead atoms. The number of hydrogen-bond acceptors (Lipinski definition) is 7. The van der Waals surface area contributed by atoms with Gasteiger partial charge < -0.3 is 24.6 Å². The number of rotatable bonds is 3. The molecule has 1 aliphatic heterocycles. The lowest BCUT2D eigenvalue weighted by Gasteiger charge is -2.34. The summed E-state index contributed by atoms with van der Waals surface area (Å²) in [5.74, 6) is -0.193. The average molecular weight is 408 g/mol. The summed E-state index contributed by atoms with van der Waals surface area (Å²) < 4.78 is 3.77. The number of aryl methyl sites for hydroxylation is 1. The minimum Gasteiger partial charge on any atom is -0.391 e. The Balaban J connectivity index is 2.15. The molecule has 2 aromatic rings. The number of aromatic nitrogens is 4. The van der Waals surface area contributed by atoms with Crippen LogP contribution in [0.25, 0.3) is 11.2 Å². The van der Waals surface area contributed by atoms with Gasteiger partial charge >= 0.3 is 5.69 Å². The Kier molecular flexibility index (Phi) is 5.41. The van der Waals surface area contributed by atoms with Crippen LogP contribution in [0.15, 0.2) is 15.9 Å². The van der Waals surface area contributed by atoms with Gasteiger partial charge in [0, 0.05) is 33.6 Å². The Labute approximate surface area is 167 Å². The number of likely N-dealkylation sites (N-methyl/N-ethyl adjacent to an activating group) is 1. The molecular formula is C18H28N6O5. The quantitative estimate of drug-likeness (QED) is 0.595. The van der Waals surface area contributed by atoms with Crippen LogP contribution in [0.3, 0.4) is 0 Å². The van der Waals surface area contributed by atoms with E-state index in [1.54, 1.807) is 25.9 Å². The van der Waals surface area contributed by atoms with Crippen LogP contribution < -0.4 is 11.2 Å². The van der Waals surface area contributed by atoms with Crippen molar-refractivity contribution in [3.63, 3.8) is 0 Å². The van der Waals surface area contributed by atoms with Crippen LogP contribution in [0, 0.1) is 0 Å². The highest BCUT2D eigenvalue weighted by Crippen LogP contribution is 2.33. The molecule has 160 valence electrons. The minimum absolute atomic E-state index is 0.0230. The number of imidazole rings is 1. The molecule has 1 aliphatic rings. The molecule has 0 aliphatic carbocycles. The normalized spacial score (nSPS) is 25.6. The largest absolute Gasteiger partial charge is 0.391 e. The molecule has 2 N–H and O–H groups in total. The lowest BCUT2D eigenvalue weighted by Crippen LogP contribution is -2.45. The fourth-order valence-electron chi connectivity index (χ4n) is 3.97. The summed E-state index contributed by atoms with van der Waals surface area (Å²) in [4.78, 5) is 45.1. The van der Waals surface area contributed by atoms with Gasteiger partial charge in [0.25, 0.3) is 5.56 Å². The zero-order valence-corrected chi connectivity index (χ0v) is 17.4. The molecule has 0 saturated carbocycles. The average Bonchev–Trinajstić information content (AvgIpc) is 2.99. The minimum atomic E-state index is -1.42. The first-order valence-electron chi connectivity index (χ1n) is 9.39. The van der Waals surface area contributed by atoms with E-state index in [9.17, 15) is 24.6 Å². The third-order valence-electron chi connectivity index (χ3n) is 5.50. The van der Waals surface area contributed by atoms with Crippen LogP contribution >= 0.6 is 0 Å². The molecule has 0 unspecified atom stereocenters. The summed E-state index contributed by atoms with van der Waals surface area (Å²) in [6.07, 6.45) is 0.509. The molecule has 3 atom stereocenters. The predicted octanol–water partition coefficient (Wildman–Crippen LogP) is -2.12. The molecule has 3 heterocycles. The number of fused-ring (bicyclic) bond motifs is 1. The number of likely N-dealkylation sites (tertiary alicyclic amines) is 1. The third-order valence-corrected chi connectivity index (χ3v) is 5.50. The molecule has 0 spiro atoms. The second kappa shape index (κ2) is 7.39. The SMILES string of the molecule is CN(C)CC(=O)N1C[C@@H](O)C[C@@](C)(O)[C@H](n2cnc3c2c(=O)n(C)c(=O)n3C)C1. The molecule has 1 fully saturated rings. The zero-order chi connectivity index (χ0) is 21.7. The number of carbonyl (C=O) groups excluding carboxylic acids is 1. The third kappa shape index (κ3) is 3.72. The van der Waals surface area contributed by atoms with E-state index in [1.165, 1.54) is 34.5 Å². The smallest absolute Gasteiger partial charge is 0.332 e. The summed E-state index contributed by atoms with van der Waals surface area (Å²) in [5.41, 5.74) is -2.09. The highest BCUT2D eigenvalue weighted by molar-refractivity contribution is 5.78. The zero-order valence-electron chi connectivity index (χ0n) is 17.4. The first kappa shape index (κ1) is 21.2. The van der Waals surface area contributed by atoms with Crippen molar-refractivity contribution < 1.29 is 15.0 Å². The summed E-state index contributed by atoms with van der Waals surface area (Å²) >= 11 is 0. The van der Waals surface area contributed by atoms with Crippen molar-refractivity contribution in [2.45, 2.75) is 31.1 Å². The summed E-state index contributed by atoms with van der Waals surface area (Å²) in [6.45, 7) is 1.90. The maximum atomic E-state index is 12.8. The maximum absolute atomic E-state index is 12.8. The van der Waals surface area contributed by atoms with E-state index in [0.717, 1.165) is 4.57 Å². The number of carbonyl (C=O) groups is 1. The van der Waals surface area contributed by atoms with Crippen molar-refractivity contribution >= 4 is 17.1 Å². The van der Waals surface area contributed by atoms with Gasteiger partial charge in [-0.05, 0) is 21.0 Å². The number of nitrogens with zero attached hydrogens (tertiary/aromatic N) is 6. The molecule has 11 nitrogen and oxygen atoms in total. The van der Waals surface area contributed by atoms with Crippen molar-refractivity contribution in [3.05, 3.63) is 27.2 Å². The number of hydrogen-bond donors (Lipinski definition) is 2. The van der Waals surface area contributed by atoms with E-state index >= 15 is 0 Å². The van der Waals surface area contributed by atoms with Gasteiger partial charge in [-0.3, -0.25) is 18.7 Å². The van der Waals surface area contributed by atoms with Crippen LogP contribution in [0.4, 0.5) is 0 Å². The number of amides is 1. The molecule has 1 saturated heterocycles. The van der Waals surface area contributed by atoms with Gasteiger partial charge in [0.15, 0.2) is 11.2 Å². The Morgan fingerprint density at radius 3 is 2.55 bits per heavy atom. The van der Waals surface area contributed by atoms with E-state index in [1.807, 2.05) is 0 Å². The van der Waals surface area contributed by atoms with Gasteiger partial charge in [-0.2, -0.15) is 0 Å². The van der Waals surface area contributed by atoms with E-state index in [-0.39, 0.29) is 43.1 Å². The number of aliphatic hydroxyl groups is 2. The second-order valence-corrected chi connectivity index (χ2v) is 8.30. The second-order valence-electron chi connectivity index (χ2n) is 8.30. The van der Waals surface area contributed by atoms with Gasteiger partial charge in [0.05, 0.1) is 30.6 Å². The molecule has 2 aromatic heterocycles. The Bertz CT molecular complexity index is 1050. The fourth-order valence-corrected chi connectivity index (χ4v) is 3.97. The van der Waals surface area contributed by atoms with Crippen molar-refractivity contribution in [2.24, 2.45) is 14.1 Å². The van der Waals surface area contributed by atoms with Crippen molar-refractivity contribution in [2.75, 3.05) is 33.7 Å². The molecule has 0 radical (unpaired) electrons. The van der Waals surface area contributed by atoms with Crippen LogP contribution in [-0.2, 0) is 18.9 Å². The van der Waals surface area contributed by atoms with Crippen LogP contribution in [0.2, 0.25) is 0 Å². The van der Waals surface area contributed by atoms with E-state index in [4.69, 9.17) is 0 Å². The van der Waals surface area contributed by atoms with Gasteiger partial charge in [-0.25, -0.2) is 9.78 Å². The standard InChI is InChI=1S/C18H28N6O5/c1-18(29)6-11(25)7-23(13(26)9-20(2)3)8-12(18)24-10-19-15-14(24)16(27)22(5)17(28)21(15)4/h10-12,25,29H,6-9H2,1-5H3/t11-,12+,18+/m0/s1. The molecule has 11 heteroatoms. The fraction of sp³-hybridized carbons (Fsp3) is 0.667. The predicted molar refractivity (Wildman–Crippen MR) is 106 cm³/mol. The molecule has 3 rings (SSSR count). The highest BCUT2D eigenvalue weighted by Gasteiger charge is 2.42. The topological polar surface area (TPSA) is 126 Å². The van der Waals surface area contributed by atoms with Crippen LogP contribution in [0.1, 0.15) is 19.4 Å². The summed E-state index contributed by atoms with van der Waals surface area (Å²) in [5, 5.41) is 21.5. The van der Waals surface area contributed by atoms with E-state index in [0.29, 0.717) is 0 Å². The highest BCUT2D eigenvalue weighted by atomic mass is 16.3. The lowest BCUT2D eigenvalue weighted by molar-refractivity contribution is -0.133. The Hall–Kier alpha value is -2.50. The number of β-amino-alcohol motifs (C(OH)–C–C–N with tert-alkyl or cyclic N) is 1. The maximum Gasteiger partial charge on any atom is 0.332 e. The lowest BCUT2D eigenvalue weighted by atomic mass is 9.91. The molecule has 1 amide bonds. The van der Waals surface area contributed by atoms with Gasteiger partial charge in [0.2, 0.25) is 5.91 Å². The van der Waals surface area contributed by atoms with E-state index in [2.05, 4.69) is 4.98 Å². The van der Waals surface area contributed by atoms with Gasteiger partial charge in [-0.1, -0.05) is 0 Å².